The zero-order chi connectivity index (χ0) is 18.5. The van der Waals surface area contributed by atoms with Crippen molar-refractivity contribution in [3.8, 4) is 5.75 Å². The van der Waals surface area contributed by atoms with Crippen molar-refractivity contribution in [1.82, 2.24) is 9.97 Å². The minimum Gasteiger partial charge on any atom is -0.497 e. The van der Waals surface area contributed by atoms with E-state index in [1.54, 1.807) is 7.11 Å². The Bertz CT molecular complexity index is 1050. The van der Waals surface area contributed by atoms with E-state index < -0.39 is 0 Å². The lowest BCUT2D eigenvalue weighted by atomic mass is 10.1. The molecule has 0 aliphatic rings. The molecule has 0 bridgehead atoms. The molecule has 4 rings (SSSR count). The van der Waals surface area contributed by atoms with E-state index in [0.717, 1.165) is 33.9 Å². The second-order valence-electron chi connectivity index (χ2n) is 6.37. The molecule has 4 nitrogen and oxygen atoms in total. The lowest BCUT2D eigenvalue weighted by Gasteiger charge is -2.12. The van der Waals surface area contributed by atoms with Crippen LogP contribution in [0.2, 0.25) is 0 Å². The zero-order valence-electron chi connectivity index (χ0n) is 15.2. The minimum absolute atomic E-state index is 0.670. The molecule has 0 aliphatic carbocycles. The van der Waals surface area contributed by atoms with E-state index in [9.17, 15) is 0 Å². The van der Waals surface area contributed by atoms with E-state index in [4.69, 9.17) is 14.7 Å². The second-order valence-corrected chi connectivity index (χ2v) is 6.37. The molecule has 0 saturated carbocycles. The largest absolute Gasteiger partial charge is 0.497 e. The highest BCUT2D eigenvalue weighted by atomic mass is 16.5. The third kappa shape index (κ3) is 4.06. The molecule has 1 N–H and O–H groups in total. The first-order valence-electron chi connectivity index (χ1n) is 8.98. The first-order valence-corrected chi connectivity index (χ1v) is 8.98. The normalized spacial score (nSPS) is 10.7. The summed E-state index contributed by atoms with van der Waals surface area (Å²) in [6.45, 7) is 0.670. The zero-order valence-corrected chi connectivity index (χ0v) is 15.2. The summed E-state index contributed by atoms with van der Waals surface area (Å²) in [7, 11) is 1.68. The number of fused-ring (bicyclic) bond motifs is 1. The molecule has 1 aromatic heterocycles. The van der Waals surface area contributed by atoms with Gasteiger partial charge in [0.15, 0.2) is 0 Å². The Labute approximate surface area is 158 Å². The van der Waals surface area contributed by atoms with Gasteiger partial charge in [-0.15, -0.1) is 0 Å². The second kappa shape index (κ2) is 7.87. The molecule has 0 spiro atoms. The van der Waals surface area contributed by atoms with Gasteiger partial charge in [-0.25, -0.2) is 9.97 Å². The fourth-order valence-electron chi connectivity index (χ4n) is 3.09. The van der Waals surface area contributed by atoms with Crippen LogP contribution in [0.15, 0.2) is 78.9 Å². The SMILES string of the molecule is COc1cccc(CNc2nc(Cc3ccccc3)nc3ccccc23)c1. The van der Waals surface area contributed by atoms with Crippen molar-refractivity contribution in [3.63, 3.8) is 0 Å². The van der Waals surface area contributed by atoms with Crippen LogP contribution in [0.1, 0.15) is 17.0 Å². The van der Waals surface area contributed by atoms with Gasteiger partial charge < -0.3 is 10.1 Å². The fourth-order valence-corrected chi connectivity index (χ4v) is 3.09. The quantitative estimate of drug-likeness (QED) is 0.537. The van der Waals surface area contributed by atoms with Crippen molar-refractivity contribution >= 4 is 16.7 Å². The molecule has 1 heterocycles. The van der Waals surface area contributed by atoms with Crippen molar-refractivity contribution in [2.24, 2.45) is 0 Å². The topological polar surface area (TPSA) is 47.0 Å². The summed E-state index contributed by atoms with van der Waals surface area (Å²) in [6, 6.07) is 26.4. The maximum absolute atomic E-state index is 5.31. The monoisotopic (exact) mass is 355 g/mol. The highest BCUT2D eigenvalue weighted by molar-refractivity contribution is 5.89. The van der Waals surface area contributed by atoms with Crippen molar-refractivity contribution in [3.05, 3.63) is 95.8 Å². The van der Waals surface area contributed by atoms with Crippen LogP contribution in [-0.4, -0.2) is 17.1 Å². The smallest absolute Gasteiger partial charge is 0.137 e. The first kappa shape index (κ1) is 17.0. The Morgan fingerprint density at radius 3 is 2.44 bits per heavy atom. The van der Waals surface area contributed by atoms with E-state index in [0.29, 0.717) is 13.0 Å². The number of aromatic nitrogens is 2. The summed E-state index contributed by atoms with van der Waals surface area (Å²) >= 11 is 0. The summed E-state index contributed by atoms with van der Waals surface area (Å²) in [4.78, 5) is 9.54. The Balaban J connectivity index is 1.63. The average Bonchev–Trinajstić information content (AvgIpc) is 2.73. The molecule has 0 atom stereocenters. The molecule has 0 aliphatic heterocycles. The number of anilines is 1. The minimum atomic E-state index is 0.670. The van der Waals surface area contributed by atoms with Crippen molar-refractivity contribution in [1.29, 1.82) is 0 Å². The molecule has 0 amide bonds. The standard InChI is InChI=1S/C23H21N3O/c1-27-19-11-7-10-18(14-19)16-24-23-20-12-5-6-13-21(20)25-22(26-23)15-17-8-3-2-4-9-17/h2-14H,15-16H2,1H3,(H,24,25,26). The number of rotatable bonds is 6. The molecule has 0 fully saturated rings. The predicted molar refractivity (Wildman–Crippen MR) is 109 cm³/mol. The van der Waals surface area contributed by atoms with Crippen LogP contribution >= 0.6 is 0 Å². The Morgan fingerprint density at radius 1 is 0.815 bits per heavy atom. The fraction of sp³-hybridized carbons (Fsp3) is 0.130. The van der Waals surface area contributed by atoms with E-state index in [2.05, 4.69) is 29.6 Å². The molecule has 0 radical (unpaired) electrons. The molecule has 0 saturated heterocycles. The van der Waals surface area contributed by atoms with Gasteiger partial charge in [0.2, 0.25) is 0 Å². The van der Waals surface area contributed by atoms with Crippen LogP contribution in [0.5, 0.6) is 5.75 Å². The van der Waals surface area contributed by atoms with Gasteiger partial charge in [-0.1, -0.05) is 54.6 Å². The lowest BCUT2D eigenvalue weighted by Crippen LogP contribution is -2.06. The first-order chi connectivity index (χ1) is 13.3. The van der Waals surface area contributed by atoms with Gasteiger partial charge in [-0.3, -0.25) is 0 Å². The van der Waals surface area contributed by atoms with E-state index in [1.165, 1.54) is 5.56 Å². The number of benzene rings is 3. The summed E-state index contributed by atoms with van der Waals surface area (Å²) in [5, 5.41) is 4.50. The summed E-state index contributed by atoms with van der Waals surface area (Å²) < 4.78 is 5.31. The van der Waals surface area contributed by atoms with Crippen LogP contribution in [0, 0.1) is 0 Å². The summed E-state index contributed by atoms with van der Waals surface area (Å²) in [6.07, 6.45) is 0.708. The number of methoxy groups -OCH3 is 1. The van der Waals surface area contributed by atoms with Crippen LogP contribution < -0.4 is 10.1 Å². The highest BCUT2D eigenvalue weighted by Crippen LogP contribution is 2.22. The van der Waals surface area contributed by atoms with E-state index >= 15 is 0 Å². The van der Waals surface area contributed by atoms with Gasteiger partial charge in [0, 0.05) is 18.4 Å². The van der Waals surface area contributed by atoms with Crippen LogP contribution in [0.3, 0.4) is 0 Å². The average molecular weight is 355 g/mol. The van der Waals surface area contributed by atoms with E-state index in [-0.39, 0.29) is 0 Å². The number of hydrogen-bond acceptors (Lipinski definition) is 4. The van der Waals surface area contributed by atoms with E-state index in [1.807, 2.05) is 54.6 Å². The van der Waals surface area contributed by atoms with Crippen LogP contribution in [0.25, 0.3) is 10.9 Å². The van der Waals surface area contributed by atoms with Gasteiger partial charge in [0.1, 0.15) is 17.4 Å². The number of ether oxygens (including phenoxy) is 1. The number of nitrogens with zero attached hydrogens (tertiary/aromatic N) is 2. The third-order valence-electron chi connectivity index (χ3n) is 4.45. The van der Waals surface area contributed by atoms with Crippen molar-refractivity contribution < 1.29 is 4.74 Å². The number of para-hydroxylation sites is 1. The molecule has 0 unspecified atom stereocenters. The highest BCUT2D eigenvalue weighted by Gasteiger charge is 2.08. The van der Waals surface area contributed by atoms with Gasteiger partial charge >= 0.3 is 0 Å². The maximum Gasteiger partial charge on any atom is 0.137 e. The Kier molecular flexibility index (Phi) is 4.97. The number of nitrogens with one attached hydrogen (secondary N) is 1. The molecule has 4 aromatic rings. The number of hydrogen-bond donors (Lipinski definition) is 1. The molecule has 134 valence electrons. The molecule has 27 heavy (non-hydrogen) atoms. The van der Waals surface area contributed by atoms with Crippen LogP contribution in [-0.2, 0) is 13.0 Å². The van der Waals surface area contributed by atoms with Gasteiger partial charge in [-0.05, 0) is 35.4 Å². The van der Waals surface area contributed by atoms with Crippen molar-refractivity contribution in [2.45, 2.75) is 13.0 Å². The van der Waals surface area contributed by atoms with Crippen molar-refractivity contribution in [2.75, 3.05) is 12.4 Å². The Hall–Kier alpha value is -3.40. The molecule has 4 heteroatoms. The van der Waals surface area contributed by atoms with Crippen LogP contribution in [0.4, 0.5) is 5.82 Å². The van der Waals surface area contributed by atoms with Gasteiger partial charge in [0.25, 0.3) is 0 Å². The summed E-state index contributed by atoms with van der Waals surface area (Å²) in [5.41, 5.74) is 3.29. The maximum atomic E-state index is 5.31. The van der Waals surface area contributed by atoms with Gasteiger partial charge in [-0.2, -0.15) is 0 Å². The molecule has 3 aromatic carbocycles. The lowest BCUT2D eigenvalue weighted by molar-refractivity contribution is 0.414. The predicted octanol–water partition coefficient (Wildman–Crippen LogP) is 4.84. The summed E-state index contributed by atoms with van der Waals surface area (Å²) in [5.74, 6) is 2.52. The molecular weight excluding hydrogens is 334 g/mol. The Morgan fingerprint density at radius 2 is 1.59 bits per heavy atom. The van der Waals surface area contributed by atoms with Gasteiger partial charge in [0.05, 0.1) is 12.6 Å². The molecular formula is C23H21N3O. The third-order valence-corrected chi connectivity index (χ3v) is 4.45.